The first-order valence-electron chi connectivity index (χ1n) is 7.31. The maximum atomic E-state index is 11.2. The van der Waals surface area contributed by atoms with Crippen molar-refractivity contribution in [1.82, 2.24) is 9.97 Å². The number of nitrogens with one attached hydrogen (secondary N) is 2. The zero-order valence-corrected chi connectivity index (χ0v) is 12.4. The van der Waals surface area contributed by atoms with Gasteiger partial charge in [-0.15, -0.1) is 0 Å². The van der Waals surface area contributed by atoms with Gasteiger partial charge < -0.3 is 5.32 Å². The molecular weight excluding hydrogens is 272 g/mol. The van der Waals surface area contributed by atoms with Crippen LogP contribution in [0.25, 0.3) is 0 Å². The molecule has 0 aliphatic heterocycles. The molecule has 0 unspecified atom stereocenters. The number of nitrogens with two attached hydrogens (primary N) is 1. The fourth-order valence-corrected chi connectivity index (χ4v) is 2.86. The van der Waals surface area contributed by atoms with Crippen molar-refractivity contribution in [2.24, 2.45) is 11.8 Å². The molecule has 8 heteroatoms. The molecule has 1 aliphatic carbocycles. The van der Waals surface area contributed by atoms with E-state index in [0.29, 0.717) is 5.69 Å². The zero-order valence-electron chi connectivity index (χ0n) is 12.4. The van der Waals surface area contributed by atoms with Crippen molar-refractivity contribution < 1.29 is 4.92 Å². The molecule has 0 spiro atoms. The van der Waals surface area contributed by atoms with Gasteiger partial charge in [-0.05, 0) is 38.5 Å². The Morgan fingerprint density at radius 1 is 1.33 bits per heavy atom. The van der Waals surface area contributed by atoms with Gasteiger partial charge in [-0.25, -0.2) is 10.8 Å². The molecule has 2 rings (SSSR count). The summed E-state index contributed by atoms with van der Waals surface area (Å²) in [5.74, 6) is 6.51. The van der Waals surface area contributed by atoms with Crippen LogP contribution in [0.2, 0.25) is 0 Å². The summed E-state index contributed by atoms with van der Waals surface area (Å²) in [6, 6.07) is 0.214. The number of nitrogens with zero attached hydrogens (tertiary/aromatic N) is 3. The Labute approximate surface area is 123 Å². The maximum Gasteiger partial charge on any atom is 0.332 e. The standard InChI is InChI=1S/C13H22N6O2/c1-3-9-4-6-10(7-5-9)16-12-11(19(20)21)8(2)15-13(17-12)18-14/h9-10H,3-7,14H2,1-2H3,(H2,15,16,17,18). The number of rotatable bonds is 5. The van der Waals surface area contributed by atoms with Gasteiger partial charge in [0.25, 0.3) is 0 Å². The Morgan fingerprint density at radius 3 is 2.52 bits per heavy atom. The van der Waals surface area contributed by atoms with E-state index in [-0.39, 0.29) is 23.5 Å². The number of nitro groups is 1. The summed E-state index contributed by atoms with van der Waals surface area (Å²) in [5, 5.41) is 14.4. The van der Waals surface area contributed by atoms with Gasteiger partial charge in [0.15, 0.2) is 0 Å². The summed E-state index contributed by atoms with van der Waals surface area (Å²) in [6.07, 6.45) is 5.50. The highest BCUT2D eigenvalue weighted by Gasteiger charge is 2.26. The van der Waals surface area contributed by atoms with Gasteiger partial charge in [0.1, 0.15) is 5.69 Å². The lowest BCUT2D eigenvalue weighted by atomic mass is 9.84. The molecular formula is C13H22N6O2. The third kappa shape index (κ3) is 3.57. The first-order chi connectivity index (χ1) is 10.0. The van der Waals surface area contributed by atoms with E-state index in [2.05, 4.69) is 27.6 Å². The minimum atomic E-state index is -0.449. The van der Waals surface area contributed by atoms with Crippen LogP contribution in [0.1, 0.15) is 44.7 Å². The molecule has 0 saturated heterocycles. The Hall–Kier alpha value is -1.96. The van der Waals surface area contributed by atoms with Gasteiger partial charge in [0.05, 0.1) is 4.92 Å². The number of hydrazine groups is 1. The Kier molecular flexibility index (Phi) is 4.89. The van der Waals surface area contributed by atoms with Crippen LogP contribution in [0.5, 0.6) is 0 Å². The molecule has 1 fully saturated rings. The molecule has 1 aromatic rings. The van der Waals surface area contributed by atoms with Crippen molar-refractivity contribution in [1.29, 1.82) is 0 Å². The minimum absolute atomic E-state index is 0.0772. The smallest absolute Gasteiger partial charge is 0.332 e. The highest BCUT2D eigenvalue weighted by molar-refractivity contribution is 5.61. The second-order valence-corrected chi connectivity index (χ2v) is 5.50. The van der Waals surface area contributed by atoms with Gasteiger partial charge in [0.2, 0.25) is 11.8 Å². The summed E-state index contributed by atoms with van der Waals surface area (Å²) in [4.78, 5) is 18.8. The van der Waals surface area contributed by atoms with Gasteiger partial charge in [0, 0.05) is 6.04 Å². The van der Waals surface area contributed by atoms with Crippen molar-refractivity contribution in [2.75, 3.05) is 10.7 Å². The summed E-state index contributed by atoms with van der Waals surface area (Å²) >= 11 is 0. The van der Waals surface area contributed by atoms with Crippen LogP contribution >= 0.6 is 0 Å². The van der Waals surface area contributed by atoms with Crippen molar-refractivity contribution in [3.8, 4) is 0 Å². The molecule has 116 valence electrons. The number of anilines is 2. The van der Waals surface area contributed by atoms with E-state index in [1.54, 1.807) is 6.92 Å². The summed E-state index contributed by atoms with van der Waals surface area (Å²) < 4.78 is 0. The first kappa shape index (κ1) is 15.4. The number of hydrogen-bond acceptors (Lipinski definition) is 7. The van der Waals surface area contributed by atoms with E-state index in [1.165, 1.54) is 6.42 Å². The number of nitrogen functional groups attached to an aromatic ring is 1. The molecule has 21 heavy (non-hydrogen) atoms. The minimum Gasteiger partial charge on any atom is -0.361 e. The van der Waals surface area contributed by atoms with E-state index in [4.69, 9.17) is 5.84 Å². The number of aryl methyl sites for hydroxylation is 1. The van der Waals surface area contributed by atoms with Crippen molar-refractivity contribution in [3.63, 3.8) is 0 Å². The highest BCUT2D eigenvalue weighted by Crippen LogP contribution is 2.32. The monoisotopic (exact) mass is 294 g/mol. The molecule has 1 aromatic heterocycles. The van der Waals surface area contributed by atoms with E-state index >= 15 is 0 Å². The molecule has 0 bridgehead atoms. The van der Waals surface area contributed by atoms with Crippen molar-refractivity contribution in [2.45, 2.75) is 52.0 Å². The number of hydrogen-bond donors (Lipinski definition) is 3. The van der Waals surface area contributed by atoms with Gasteiger partial charge in [-0.2, -0.15) is 4.98 Å². The molecule has 0 atom stereocenters. The predicted octanol–water partition coefficient (Wildman–Crippen LogP) is 2.36. The Morgan fingerprint density at radius 2 is 2.00 bits per heavy atom. The fourth-order valence-electron chi connectivity index (χ4n) is 2.86. The Bertz CT molecular complexity index is 514. The lowest BCUT2D eigenvalue weighted by Gasteiger charge is -2.28. The summed E-state index contributed by atoms with van der Waals surface area (Å²) in [7, 11) is 0. The van der Waals surface area contributed by atoms with Crippen LogP contribution in [0.4, 0.5) is 17.5 Å². The predicted molar refractivity (Wildman–Crippen MR) is 80.9 cm³/mol. The van der Waals surface area contributed by atoms with E-state index in [9.17, 15) is 10.1 Å². The lowest BCUT2D eigenvalue weighted by molar-refractivity contribution is -0.385. The van der Waals surface area contributed by atoms with Crippen LogP contribution in [0.15, 0.2) is 0 Å². The second-order valence-electron chi connectivity index (χ2n) is 5.50. The molecule has 0 aromatic carbocycles. The molecule has 4 N–H and O–H groups in total. The van der Waals surface area contributed by atoms with Gasteiger partial charge in [-0.3, -0.25) is 15.5 Å². The third-order valence-electron chi connectivity index (χ3n) is 4.13. The Balaban J connectivity index is 2.18. The SMILES string of the molecule is CCC1CCC(Nc2nc(NN)nc(C)c2[N+](=O)[O-])CC1. The van der Waals surface area contributed by atoms with Gasteiger partial charge >= 0.3 is 5.69 Å². The third-order valence-corrected chi connectivity index (χ3v) is 4.13. The first-order valence-corrected chi connectivity index (χ1v) is 7.31. The van der Waals surface area contributed by atoms with E-state index in [0.717, 1.165) is 31.6 Å². The molecule has 1 saturated carbocycles. The second kappa shape index (κ2) is 6.66. The lowest BCUT2D eigenvalue weighted by Crippen LogP contribution is -2.27. The van der Waals surface area contributed by atoms with Crippen molar-refractivity contribution >= 4 is 17.5 Å². The maximum absolute atomic E-state index is 11.2. The van der Waals surface area contributed by atoms with Crippen LogP contribution < -0.4 is 16.6 Å². The normalized spacial score (nSPS) is 21.9. The molecule has 1 aliphatic rings. The van der Waals surface area contributed by atoms with Crippen molar-refractivity contribution in [3.05, 3.63) is 15.8 Å². The fraction of sp³-hybridized carbons (Fsp3) is 0.692. The largest absolute Gasteiger partial charge is 0.361 e. The van der Waals surface area contributed by atoms with Crippen LogP contribution in [0, 0.1) is 23.0 Å². The highest BCUT2D eigenvalue weighted by atomic mass is 16.6. The summed E-state index contributed by atoms with van der Waals surface area (Å²) in [5.41, 5.74) is 2.56. The quantitative estimate of drug-likeness (QED) is 0.433. The molecule has 0 amide bonds. The topological polar surface area (TPSA) is 119 Å². The van der Waals surface area contributed by atoms with Crippen LogP contribution in [0.3, 0.4) is 0 Å². The van der Waals surface area contributed by atoms with Crippen LogP contribution in [-0.2, 0) is 0 Å². The summed E-state index contributed by atoms with van der Waals surface area (Å²) in [6.45, 7) is 3.79. The average molecular weight is 294 g/mol. The van der Waals surface area contributed by atoms with Gasteiger partial charge in [-0.1, -0.05) is 13.3 Å². The van der Waals surface area contributed by atoms with Crippen LogP contribution in [-0.4, -0.2) is 20.9 Å². The molecule has 8 nitrogen and oxygen atoms in total. The molecule has 1 heterocycles. The zero-order chi connectivity index (χ0) is 15.4. The van der Waals surface area contributed by atoms with E-state index in [1.807, 2.05) is 0 Å². The average Bonchev–Trinajstić information content (AvgIpc) is 2.47. The number of aromatic nitrogens is 2. The molecule has 0 radical (unpaired) electrons. The van der Waals surface area contributed by atoms with E-state index < -0.39 is 4.92 Å².